The fourth-order valence-electron chi connectivity index (χ4n) is 6.22. The maximum atomic E-state index is 14.0. The van der Waals surface area contributed by atoms with Gasteiger partial charge in [0.05, 0.1) is 17.5 Å². The molecule has 6 rings (SSSR count). The summed E-state index contributed by atoms with van der Waals surface area (Å²) in [6.45, 7) is 2.08. The summed E-state index contributed by atoms with van der Waals surface area (Å²) >= 11 is 6.35. The maximum Gasteiger partial charge on any atom is 0.250 e. The second-order valence-electron chi connectivity index (χ2n) is 10.0. The number of halogens is 1. The van der Waals surface area contributed by atoms with Crippen molar-refractivity contribution in [1.29, 1.82) is 0 Å². The molecule has 2 fully saturated rings. The highest BCUT2D eigenvalue weighted by Crippen LogP contribution is 2.54. The Kier molecular flexibility index (Phi) is 5.58. The summed E-state index contributed by atoms with van der Waals surface area (Å²) in [5, 5.41) is 16.6. The van der Waals surface area contributed by atoms with E-state index >= 15 is 0 Å². The van der Waals surface area contributed by atoms with Gasteiger partial charge in [-0.1, -0.05) is 60.1 Å². The lowest BCUT2D eigenvalue weighted by Gasteiger charge is -2.29. The molecule has 1 spiro atoms. The van der Waals surface area contributed by atoms with Gasteiger partial charge < -0.3 is 10.4 Å². The number of hydrogen-bond acceptors (Lipinski definition) is 5. The van der Waals surface area contributed by atoms with Gasteiger partial charge in [0, 0.05) is 23.2 Å². The molecule has 3 aliphatic rings. The monoisotopic (exact) mass is 515 g/mol. The average Bonchev–Trinajstić information content (AvgIpc) is 3.47. The highest BCUT2D eigenvalue weighted by Gasteiger charge is 2.70. The molecule has 4 atom stereocenters. The van der Waals surface area contributed by atoms with Crippen molar-refractivity contribution in [2.45, 2.75) is 31.3 Å². The Morgan fingerprint density at radius 2 is 1.68 bits per heavy atom. The summed E-state index contributed by atoms with van der Waals surface area (Å²) in [5.74, 6) is -2.37. The Hall–Kier alpha value is -3.68. The van der Waals surface area contributed by atoms with Crippen LogP contribution in [0.3, 0.4) is 0 Å². The van der Waals surface area contributed by atoms with Crippen LogP contribution in [0.1, 0.15) is 22.3 Å². The van der Waals surface area contributed by atoms with Crippen molar-refractivity contribution in [3.8, 4) is 5.75 Å². The molecule has 3 aliphatic heterocycles. The molecule has 3 amide bonds. The maximum absolute atomic E-state index is 14.0. The van der Waals surface area contributed by atoms with E-state index in [1.54, 1.807) is 36.4 Å². The molecule has 3 aromatic carbocycles. The fourth-order valence-corrected chi connectivity index (χ4v) is 6.37. The lowest BCUT2D eigenvalue weighted by molar-refractivity contribution is -0.142. The molecular formula is C29H26ClN3O4. The number of aromatic hydroxyl groups is 1. The molecule has 37 heavy (non-hydrogen) atoms. The van der Waals surface area contributed by atoms with Gasteiger partial charge in [-0.3, -0.25) is 24.6 Å². The predicted octanol–water partition coefficient (Wildman–Crippen LogP) is 3.56. The minimum absolute atomic E-state index is 0.146. The molecule has 7 nitrogen and oxygen atoms in total. The molecule has 0 bridgehead atoms. The Labute approximate surface area is 219 Å². The van der Waals surface area contributed by atoms with E-state index in [4.69, 9.17) is 11.6 Å². The molecule has 0 aromatic heterocycles. The zero-order valence-corrected chi connectivity index (χ0v) is 21.0. The number of likely N-dealkylation sites (tertiary alicyclic amines) is 1. The summed E-state index contributed by atoms with van der Waals surface area (Å²) in [4.78, 5) is 42.8. The van der Waals surface area contributed by atoms with E-state index in [-0.39, 0.29) is 30.0 Å². The molecule has 0 saturated carbocycles. The molecule has 3 aromatic rings. The van der Waals surface area contributed by atoms with Crippen molar-refractivity contribution >= 4 is 35.0 Å². The molecule has 3 N–H and O–H groups in total. The number of benzene rings is 3. The largest absolute Gasteiger partial charge is 0.508 e. The number of anilines is 1. The second kappa shape index (κ2) is 8.71. The topological polar surface area (TPSA) is 98.7 Å². The second-order valence-corrected chi connectivity index (χ2v) is 10.5. The summed E-state index contributed by atoms with van der Waals surface area (Å²) in [7, 11) is 0. The van der Waals surface area contributed by atoms with Gasteiger partial charge in [-0.2, -0.15) is 0 Å². The van der Waals surface area contributed by atoms with Crippen LogP contribution >= 0.6 is 11.6 Å². The number of carbonyl (C=O) groups is 3. The minimum atomic E-state index is -1.37. The highest BCUT2D eigenvalue weighted by atomic mass is 35.5. The number of amides is 3. The van der Waals surface area contributed by atoms with E-state index in [1.165, 1.54) is 4.90 Å². The summed E-state index contributed by atoms with van der Waals surface area (Å²) in [6, 6.07) is 19.5. The summed E-state index contributed by atoms with van der Waals surface area (Å²) in [6.07, 6.45) is 0.961. The molecule has 3 heterocycles. The van der Waals surface area contributed by atoms with Crippen molar-refractivity contribution in [3.63, 3.8) is 0 Å². The van der Waals surface area contributed by atoms with Crippen LogP contribution in [0.5, 0.6) is 5.75 Å². The number of nitrogens with zero attached hydrogens (tertiary/aromatic N) is 1. The first-order valence-electron chi connectivity index (χ1n) is 12.4. The fraction of sp³-hybridized carbons (Fsp3) is 0.276. The van der Waals surface area contributed by atoms with Crippen LogP contribution in [-0.2, 0) is 32.8 Å². The molecule has 8 heteroatoms. The van der Waals surface area contributed by atoms with Gasteiger partial charge in [0.15, 0.2) is 0 Å². The zero-order valence-electron chi connectivity index (χ0n) is 20.2. The van der Waals surface area contributed by atoms with Gasteiger partial charge in [0.2, 0.25) is 17.7 Å². The van der Waals surface area contributed by atoms with Crippen LogP contribution in [-0.4, -0.2) is 40.3 Å². The third-order valence-electron chi connectivity index (χ3n) is 8.03. The minimum Gasteiger partial charge on any atom is -0.508 e. The third kappa shape index (κ3) is 3.56. The average molecular weight is 516 g/mol. The van der Waals surface area contributed by atoms with Gasteiger partial charge in [0.1, 0.15) is 11.3 Å². The van der Waals surface area contributed by atoms with Crippen LogP contribution < -0.4 is 10.6 Å². The van der Waals surface area contributed by atoms with E-state index in [0.29, 0.717) is 29.1 Å². The number of fused-ring (bicyclic) bond motifs is 4. The van der Waals surface area contributed by atoms with Crippen molar-refractivity contribution in [3.05, 3.63) is 94.0 Å². The number of phenolic OH excluding ortho intramolecular Hbond substituents is 1. The summed E-state index contributed by atoms with van der Waals surface area (Å²) in [5.41, 5.74) is 2.52. The number of rotatable bonds is 5. The number of hydrogen-bond donors (Lipinski definition) is 3. The molecule has 0 unspecified atom stereocenters. The number of nitrogens with one attached hydrogen (secondary N) is 2. The number of carbonyl (C=O) groups excluding carboxylic acids is 3. The first kappa shape index (κ1) is 23.7. The number of phenols is 1. The van der Waals surface area contributed by atoms with E-state index in [9.17, 15) is 19.5 Å². The molecule has 188 valence electrons. The van der Waals surface area contributed by atoms with E-state index in [0.717, 1.165) is 16.7 Å². The van der Waals surface area contributed by atoms with Crippen LogP contribution in [0, 0.1) is 18.8 Å². The SMILES string of the molecule is Cc1c(Cl)ccc2c1NC(=O)[C@@]21N[C@H](Cc2ccc(O)cc2)[C@H]2C(=O)N(CCc3ccccc3)C(=O)[C@@H]21. The molecule has 2 saturated heterocycles. The van der Waals surface area contributed by atoms with Gasteiger partial charge in [-0.05, 0) is 54.7 Å². The summed E-state index contributed by atoms with van der Waals surface area (Å²) < 4.78 is 0. The van der Waals surface area contributed by atoms with Crippen LogP contribution in [0.2, 0.25) is 5.02 Å². The smallest absolute Gasteiger partial charge is 0.250 e. The first-order chi connectivity index (χ1) is 17.8. The zero-order chi connectivity index (χ0) is 25.9. The van der Waals surface area contributed by atoms with Crippen LogP contribution in [0.4, 0.5) is 5.69 Å². The van der Waals surface area contributed by atoms with Crippen molar-refractivity contribution in [2.75, 3.05) is 11.9 Å². The lowest BCUT2D eigenvalue weighted by atomic mass is 9.76. The van der Waals surface area contributed by atoms with Crippen molar-refractivity contribution < 1.29 is 19.5 Å². The standard InChI is InChI=1S/C29H26ClN3O4/c1-16-21(30)12-11-20-25(16)31-28(37)29(20)24-23(22(32-29)15-18-7-9-19(34)10-8-18)26(35)33(27(24)36)14-13-17-5-3-2-4-6-17/h2-12,22-24,32,34H,13-15H2,1H3,(H,31,37)/t22-,23-,24-,29-/m1/s1. The van der Waals surface area contributed by atoms with Crippen molar-refractivity contribution in [1.82, 2.24) is 10.2 Å². The predicted molar refractivity (Wildman–Crippen MR) is 139 cm³/mol. The Bertz CT molecular complexity index is 1430. The van der Waals surface area contributed by atoms with Gasteiger partial charge in [0.25, 0.3) is 0 Å². The van der Waals surface area contributed by atoms with E-state index in [2.05, 4.69) is 10.6 Å². The van der Waals surface area contributed by atoms with Gasteiger partial charge in [-0.25, -0.2) is 0 Å². The van der Waals surface area contributed by atoms with Crippen LogP contribution in [0.25, 0.3) is 0 Å². The molecular weight excluding hydrogens is 490 g/mol. The lowest BCUT2D eigenvalue weighted by Crippen LogP contribution is -2.53. The first-order valence-corrected chi connectivity index (χ1v) is 12.7. The quantitative estimate of drug-likeness (QED) is 0.451. The van der Waals surface area contributed by atoms with Crippen LogP contribution in [0.15, 0.2) is 66.7 Å². The Morgan fingerprint density at radius 1 is 0.946 bits per heavy atom. The third-order valence-corrected chi connectivity index (χ3v) is 8.44. The number of imide groups is 1. The van der Waals surface area contributed by atoms with E-state index in [1.807, 2.05) is 37.3 Å². The Balaban J connectivity index is 1.41. The van der Waals surface area contributed by atoms with Crippen molar-refractivity contribution in [2.24, 2.45) is 11.8 Å². The molecule has 0 radical (unpaired) electrons. The van der Waals surface area contributed by atoms with Gasteiger partial charge >= 0.3 is 0 Å². The van der Waals surface area contributed by atoms with E-state index < -0.39 is 23.4 Å². The van der Waals surface area contributed by atoms with Gasteiger partial charge in [-0.15, -0.1) is 0 Å². The Morgan fingerprint density at radius 3 is 2.41 bits per heavy atom. The molecule has 0 aliphatic carbocycles. The normalized spacial score (nSPS) is 26.1. The highest BCUT2D eigenvalue weighted by molar-refractivity contribution is 6.32.